The van der Waals surface area contributed by atoms with Crippen molar-refractivity contribution in [3.05, 3.63) is 0 Å². The molecule has 1 aliphatic heterocycles. The number of rotatable bonds is 8. The van der Waals surface area contributed by atoms with Crippen LogP contribution in [0.1, 0.15) is 131 Å². The van der Waals surface area contributed by atoms with Gasteiger partial charge in [-0.1, -0.05) is 53.9 Å². The summed E-state index contributed by atoms with van der Waals surface area (Å²) < 4.78 is 0.959. The molecule has 4 saturated carbocycles. The van der Waals surface area contributed by atoms with Crippen molar-refractivity contribution in [2.45, 2.75) is 137 Å². The Bertz CT molecular complexity index is 817. The Hall–Kier alpha value is -0.570. The maximum atomic E-state index is 13.1. The number of hydrogen-bond acceptors (Lipinski definition) is 1. The Balaban J connectivity index is 1.18. The Labute approximate surface area is 236 Å². The number of nitrogens with zero attached hydrogens (tertiary/aromatic N) is 1. The van der Waals surface area contributed by atoms with Gasteiger partial charge in [0.15, 0.2) is 6.54 Å². The van der Waals surface area contributed by atoms with Gasteiger partial charge in [0.25, 0.3) is 5.91 Å². The molecule has 1 amide bonds. The zero-order valence-electron chi connectivity index (χ0n) is 26.2. The lowest BCUT2D eigenvalue weighted by Crippen LogP contribution is -2.57. The largest absolute Gasteiger partial charge is 0.348 e. The van der Waals surface area contributed by atoms with Crippen molar-refractivity contribution in [3.8, 4) is 0 Å². The molecule has 0 radical (unpaired) electrons. The highest BCUT2D eigenvalue weighted by Crippen LogP contribution is 2.68. The van der Waals surface area contributed by atoms with E-state index in [4.69, 9.17) is 0 Å². The lowest BCUT2D eigenvalue weighted by molar-refractivity contribution is -0.906. The molecule has 1 heterocycles. The minimum absolute atomic E-state index is 0.324. The van der Waals surface area contributed by atoms with Crippen LogP contribution in [0.5, 0.6) is 0 Å². The highest BCUT2D eigenvalue weighted by molar-refractivity contribution is 5.77. The molecule has 0 bridgehead atoms. The molecule has 0 aromatic carbocycles. The SMILES string of the molecule is CC(C)CCC[C@H](C)[C@H]1CC[C@H]2[C@@H]3CC[C@H]4C[C@@H](NC(=O)C[N+]5(C)CCCCC5)CC[C@]4(C)[C@H]3CC[C@]12C. The van der Waals surface area contributed by atoms with Gasteiger partial charge in [-0.2, -0.15) is 0 Å². The van der Waals surface area contributed by atoms with Crippen LogP contribution in [0.2, 0.25) is 0 Å². The van der Waals surface area contributed by atoms with Crippen molar-refractivity contribution in [1.82, 2.24) is 5.32 Å². The molecule has 3 nitrogen and oxygen atoms in total. The second-order valence-corrected chi connectivity index (χ2v) is 16.5. The lowest BCUT2D eigenvalue weighted by Gasteiger charge is -2.61. The fraction of sp³-hybridized carbons (Fsp3) is 0.971. The summed E-state index contributed by atoms with van der Waals surface area (Å²) in [5, 5.41) is 3.54. The molecular formula is C35H63N2O+. The number of carbonyl (C=O) groups excluding carboxylic acids is 1. The van der Waals surface area contributed by atoms with Crippen LogP contribution in [-0.4, -0.2) is 43.1 Å². The van der Waals surface area contributed by atoms with Gasteiger partial charge < -0.3 is 9.80 Å². The van der Waals surface area contributed by atoms with E-state index >= 15 is 0 Å². The number of amides is 1. The molecular weight excluding hydrogens is 464 g/mol. The number of piperidine rings is 1. The average Bonchev–Trinajstić information content (AvgIpc) is 3.21. The lowest BCUT2D eigenvalue weighted by atomic mass is 9.44. The molecule has 1 saturated heterocycles. The zero-order chi connectivity index (χ0) is 27.1. The van der Waals surface area contributed by atoms with E-state index in [9.17, 15) is 4.79 Å². The second-order valence-electron chi connectivity index (χ2n) is 16.5. The van der Waals surface area contributed by atoms with Crippen molar-refractivity contribution >= 4 is 5.91 Å². The smallest absolute Gasteiger partial charge is 0.275 e. The molecule has 3 heteroatoms. The van der Waals surface area contributed by atoms with E-state index in [0.717, 1.165) is 45.9 Å². The summed E-state index contributed by atoms with van der Waals surface area (Å²) in [6, 6.07) is 0.421. The molecule has 4 aliphatic carbocycles. The Morgan fingerprint density at radius 3 is 2.32 bits per heavy atom. The van der Waals surface area contributed by atoms with E-state index < -0.39 is 0 Å². The van der Waals surface area contributed by atoms with E-state index in [2.05, 4.69) is 47.0 Å². The zero-order valence-corrected chi connectivity index (χ0v) is 26.2. The standard InChI is InChI=1S/C35H62N2O/c1-25(2)11-10-12-26(3)30-15-16-31-29-14-13-27-23-28(36-33(38)24-37(6)21-8-7-9-22-37)17-19-34(27,4)32(29)18-20-35(30,31)5/h25-32H,7-24H2,1-6H3/p+1/t26-,27-,28-,29-,30+,31-,32-,34-,35+/m0/s1. The molecule has 38 heavy (non-hydrogen) atoms. The van der Waals surface area contributed by atoms with Gasteiger partial charge in [-0.3, -0.25) is 4.79 Å². The fourth-order valence-corrected chi connectivity index (χ4v) is 11.5. The molecule has 5 aliphatic rings. The third-order valence-electron chi connectivity index (χ3n) is 13.7. The second kappa shape index (κ2) is 11.4. The highest BCUT2D eigenvalue weighted by Gasteiger charge is 2.60. The maximum absolute atomic E-state index is 13.1. The average molecular weight is 528 g/mol. The van der Waals surface area contributed by atoms with Gasteiger partial charge in [0.2, 0.25) is 0 Å². The predicted molar refractivity (Wildman–Crippen MR) is 160 cm³/mol. The number of fused-ring (bicyclic) bond motifs is 5. The normalized spacial score (nSPS) is 43.1. The number of quaternary nitrogens is 1. The summed E-state index contributed by atoms with van der Waals surface area (Å²) in [6.45, 7) is 15.8. The van der Waals surface area contributed by atoms with Crippen LogP contribution in [0.3, 0.4) is 0 Å². The number of likely N-dealkylation sites (tertiary alicyclic amines) is 1. The first kappa shape index (κ1) is 28.9. The van der Waals surface area contributed by atoms with E-state index in [1.807, 2.05) is 0 Å². The topological polar surface area (TPSA) is 29.1 Å². The third kappa shape index (κ3) is 5.62. The van der Waals surface area contributed by atoms with Crippen molar-refractivity contribution in [2.24, 2.45) is 52.3 Å². The van der Waals surface area contributed by atoms with Crippen LogP contribution >= 0.6 is 0 Å². The van der Waals surface area contributed by atoms with Crippen LogP contribution in [0.4, 0.5) is 0 Å². The van der Waals surface area contributed by atoms with Crippen LogP contribution in [0.25, 0.3) is 0 Å². The summed E-state index contributed by atoms with van der Waals surface area (Å²) in [5.41, 5.74) is 1.11. The number of hydrogen-bond donors (Lipinski definition) is 1. The van der Waals surface area contributed by atoms with Gasteiger partial charge in [-0.15, -0.1) is 0 Å². The summed E-state index contributed by atoms with van der Waals surface area (Å²) in [4.78, 5) is 13.1. The van der Waals surface area contributed by atoms with Crippen molar-refractivity contribution in [1.29, 1.82) is 0 Å². The molecule has 218 valence electrons. The van der Waals surface area contributed by atoms with Crippen molar-refractivity contribution < 1.29 is 9.28 Å². The number of likely N-dealkylation sites (N-methyl/N-ethyl adjacent to an activating group) is 1. The van der Waals surface area contributed by atoms with E-state index in [1.54, 1.807) is 0 Å². The minimum atomic E-state index is 0.324. The third-order valence-corrected chi connectivity index (χ3v) is 13.7. The van der Waals surface area contributed by atoms with Gasteiger partial charge in [0.05, 0.1) is 20.1 Å². The molecule has 5 rings (SSSR count). The molecule has 1 N–H and O–H groups in total. The molecule has 5 fully saturated rings. The van der Waals surface area contributed by atoms with Gasteiger partial charge >= 0.3 is 0 Å². The monoisotopic (exact) mass is 527 g/mol. The molecule has 0 spiro atoms. The quantitative estimate of drug-likeness (QED) is 0.317. The van der Waals surface area contributed by atoms with E-state index in [0.29, 0.717) is 29.3 Å². The molecule has 0 unspecified atom stereocenters. The minimum Gasteiger partial charge on any atom is -0.348 e. The summed E-state index contributed by atoms with van der Waals surface area (Å²) in [6.07, 6.45) is 20.8. The maximum Gasteiger partial charge on any atom is 0.275 e. The van der Waals surface area contributed by atoms with Crippen LogP contribution in [-0.2, 0) is 4.79 Å². The summed E-state index contributed by atoms with van der Waals surface area (Å²) in [5.74, 6) is 6.73. The van der Waals surface area contributed by atoms with Crippen LogP contribution in [0.15, 0.2) is 0 Å². The highest BCUT2D eigenvalue weighted by atomic mass is 16.2. The molecule has 0 aromatic heterocycles. The molecule has 0 aromatic rings. The summed E-state index contributed by atoms with van der Waals surface area (Å²) in [7, 11) is 2.30. The fourth-order valence-electron chi connectivity index (χ4n) is 11.5. The Morgan fingerprint density at radius 1 is 0.868 bits per heavy atom. The van der Waals surface area contributed by atoms with Gasteiger partial charge in [-0.25, -0.2) is 0 Å². The first-order valence-corrected chi connectivity index (χ1v) is 17.2. The van der Waals surface area contributed by atoms with Gasteiger partial charge in [-0.05, 0) is 129 Å². The molecule has 9 atom stereocenters. The summed E-state index contributed by atoms with van der Waals surface area (Å²) >= 11 is 0. The van der Waals surface area contributed by atoms with E-state index in [-0.39, 0.29) is 0 Å². The first-order valence-electron chi connectivity index (χ1n) is 17.2. The van der Waals surface area contributed by atoms with E-state index in [1.165, 1.54) is 109 Å². The van der Waals surface area contributed by atoms with Gasteiger partial charge in [0, 0.05) is 6.04 Å². The first-order chi connectivity index (χ1) is 18.0. The van der Waals surface area contributed by atoms with Crippen molar-refractivity contribution in [3.63, 3.8) is 0 Å². The Kier molecular flexibility index (Phi) is 8.66. The van der Waals surface area contributed by atoms with Gasteiger partial charge in [0.1, 0.15) is 0 Å². The number of nitrogens with one attached hydrogen (secondary N) is 1. The van der Waals surface area contributed by atoms with Crippen molar-refractivity contribution in [2.75, 3.05) is 26.7 Å². The number of carbonyl (C=O) groups is 1. The Morgan fingerprint density at radius 2 is 1.58 bits per heavy atom. The van der Waals surface area contributed by atoms with Crippen LogP contribution in [0, 0.1) is 52.3 Å². The predicted octanol–water partition coefficient (Wildman–Crippen LogP) is 8.22. The van der Waals surface area contributed by atoms with Crippen LogP contribution < -0.4 is 5.32 Å².